The second kappa shape index (κ2) is 15.5. The van der Waals surface area contributed by atoms with Crippen LogP contribution in [0.2, 0.25) is 0 Å². The highest BCUT2D eigenvalue weighted by atomic mass is 15.3. The number of aliphatic imine (C=N–C) groups is 1. The molecule has 6 atom stereocenters. The van der Waals surface area contributed by atoms with Crippen molar-refractivity contribution in [3.05, 3.63) is 244 Å². The van der Waals surface area contributed by atoms with Crippen LogP contribution in [0.1, 0.15) is 84.5 Å². The lowest BCUT2D eigenvalue weighted by atomic mass is 9.78. The molecule has 308 valence electrons. The van der Waals surface area contributed by atoms with E-state index in [1.807, 2.05) is 0 Å². The largest absolute Gasteiger partial charge is 0.363 e. The van der Waals surface area contributed by atoms with Gasteiger partial charge in [0, 0.05) is 46.2 Å². The van der Waals surface area contributed by atoms with Gasteiger partial charge in [-0.25, -0.2) is 0 Å². The van der Waals surface area contributed by atoms with Gasteiger partial charge in [-0.2, -0.15) is 0 Å². The third-order valence-electron chi connectivity index (χ3n) is 14.6. The number of anilines is 2. The number of hydrogen-bond donors (Lipinski definition) is 1. The molecule has 0 radical (unpaired) electrons. The van der Waals surface area contributed by atoms with E-state index in [1.165, 1.54) is 72.5 Å². The van der Waals surface area contributed by atoms with Crippen molar-refractivity contribution in [2.24, 2.45) is 10.9 Å². The maximum absolute atomic E-state index is 5.47. The molecule has 4 nitrogen and oxygen atoms in total. The van der Waals surface area contributed by atoms with Gasteiger partial charge in [-0.15, -0.1) is 0 Å². The minimum Gasteiger partial charge on any atom is -0.363 e. The molecule has 0 fully saturated rings. The number of nitrogens with zero attached hydrogens (tertiary/aromatic N) is 3. The van der Waals surface area contributed by atoms with Gasteiger partial charge in [0.05, 0.1) is 18.1 Å². The van der Waals surface area contributed by atoms with E-state index in [0.29, 0.717) is 12.0 Å². The van der Waals surface area contributed by atoms with Gasteiger partial charge in [0.2, 0.25) is 0 Å². The van der Waals surface area contributed by atoms with Gasteiger partial charge in [0.1, 0.15) is 5.84 Å². The summed E-state index contributed by atoms with van der Waals surface area (Å²) in [5, 5.41) is 6.35. The summed E-state index contributed by atoms with van der Waals surface area (Å²) in [6.07, 6.45) is 21.2. The molecule has 0 spiro atoms. The van der Waals surface area contributed by atoms with Crippen LogP contribution in [0.15, 0.2) is 215 Å². The first-order chi connectivity index (χ1) is 31.1. The first-order valence-corrected chi connectivity index (χ1v) is 23.0. The molecule has 6 unspecified atom stereocenters. The SMILES string of the molecule is CC(N=C(NC(C)c1ccccc1)c1ccc(N2C3=Cc4ccccc4CC3C3=C2C(N2c4ccccc4C4C=CC5=C(CCC=C5)C42)CC=C3)cc1)c1ccc2ccccc2c1. The molecule has 0 bridgehead atoms. The van der Waals surface area contributed by atoms with Gasteiger partial charge < -0.3 is 15.1 Å². The molecule has 4 aliphatic carbocycles. The van der Waals surface area contributed by atoms with Crippen molar-refractivity contribution in [3.63, 3.8) is 0 Å². The Kier molecular flexibility index (Phi) is 9.28. The minimum atomic E-state index is -0.0499. The number of benzene rings is 6. The van der Waals surface area contributed by atoms with Crippen LogP contribution >= 0.6 is 0 Å². The summed E-state index contributed by atoms with van der Waals surface area (Å²) >= 11 is 0. The van der Waals surface area contributed by atoms with E-state index in [4.69, 9.17) is 4.99 Å². The maximum Gasteiger partial charge on any atom is 0.129 e. The van der Waals surface area contributed by atoms with Crippen molar-refractivity contribution in [3.8, 4) is 0 Å². The first-order valence-electron chi connectivity index (χ1n) is 23.0. The normalized spacial score (nSPS) is 22.8. The zero-order valence-electron chi connectivity index (χ0n) is 36.0. The van der Waals surface area contributed by atoms with Gasteiger partial charge in [-0.3, -0.25) is 4.99 Å². The van der Waals surface area contributed by atoms with E-state index < -0.39 is 0 Å². The highest BCUT2D eigenvalue weighted by Gasteiger charge is 2.49. The highest BCUT2D eigenvalue weighted by molar-refractivity contribution is 5.99. The number of para-hydroxylation sites is 1. The lowest BCUT2D eigenvalue weighted by Gasteiger charge is -2.43. The van der Waals surface area contributed by atoms with Gasteiger partial charge >= 0.3 is 0 Å². The van der Waals surface area contributed by atoms with Crippen LogP contribution in [0.5, 0.6) is 0 Å². The third-order valence-corrected chi connectivity index (χ3v) is 14.6. The van der Waals surface area contributed by atoms with Crippen molar-refractivity contribution >= 4 is 34.1 Å². The third kappa shape index (κ3) is 6.46. The summed E-state index contributed by atoms with van der Waals surface area (Å²) in [5.74, 6) is 1.54. The fraction of sp³-hybridized carbons (Fsp3) is 0.203. The molecular formula is C59H52N4. The van der Waals surface area contributed by atoms with Crippen LogP contribution in [0, 0.1) is 5.92 Å². The Labute approximate surface area is 371 Å². The van der Waals surface area contributed by atoms with E-state index in [-0.39, 0.29) is 24.0 Å². The second-order valence-corrected chi connectivity index (χ2v) is 18.2. The molecule has 6 aromatic rings. The zero-order valence-corrected chi connectivity index (χ0v) is 36.0. The molecule has 4 heteroatoms. The van der Waals surface area contributed by atoms with Crippen LogP contribution < -0.4 is 15.1 Å². The zero-order chi connectivity index (χ0) is 42.0. The molecule has 0 saturated heterocycles. The monoisotopic (exact) mass is 816 g/mol. The average molecular weight is 817 g/mol. The number of rotatable bonds is 7. The predicted octanol–water partition coefficient (Wildman–Crippen LogP) is 13.5. The first kappa shape index (κ1) is 37.8. The van der Waals surface area contributed by atoms with Crippen molar-refractivity contribution in [2.75, 3.05) is 9.80 Å². The van der Waals surface area contributed by atoms with Crippen molar-refractivity contribution < 1.29 is 0 Å². The molecule has 0 aromatic heterocycles. The molecule has 2 aliphatic heterocycles. The quantitative estimate of drug-likeness (QED) is 0.129. The number of amidine groups is 1. The number of nitrogens with one attached hydrogen (secondary N) is 1. The van der Waals surface area contributed by atoms with E-state index in [0.717, 1.165) is 37.1 Å². The molecule has 0 saturated carbocycles. The number of hydrogen-bond acceptors (Lipinski definition) is 3. The van der Waals surface area contributed by atoms with Crippen LogP contribution in [-0.2, 0) is 6.42 Å². The summed E-state index contributed by atoms with van der Waals surface area (Å²) in [6, 6.07) is 54.1. The van der Waals surface area contributed by atoms with Crippen molar-refractivity contribution in [2.45, 2.75) is 69.6 Å². The summed E-state index contributed by atoms with van der Waals surface area (Å²) in [5.41, 5.74) is 17.6. The Bertz CT molecular complexity index is 3000. The van der Waals surface area contributed by atoms with Crippen LogP contribution in [0.4, 0.5) is 11.4 Å². The van der Waals surface area contributed by atoms with Crippen molar-refractivity contribution in [1.82, 2.24) is 5.32 Å². The Morgan fingerprint density at radius 3 is 2.41 bits per heavy atom. The smallest absolute Gasteiger partial charge is 0.129 e. The van der Waals surface area contributed by atoms with Crippen LogP contribution in [0.25, 0.3) is 16.8 Å². The van der Waals surface area contributed by atoms with Gasteiger partial charge in [-0.05, 0) is 137 Å². The fourth-order valence-electron chi connectivity index (χ4n) is 11.5. The Balaban J connectivity index is 0.963. The van der Waals surface area contributed by atoms with E-state index >= 15 is 0 Å². The highest BCUT2D eigenvalue weighted by Crippen LogP contribution is 2.55. The standard InChI is InChI=1S/C59H52N4/c1-38(40-15-4-3-5-16-40)60-59(61-39(2)44-28-27-41-17-6-7-19-45(41)35-44)43-29-32-48(33-30-43)62-56-37-47-21-9-8-20-46(47)36-53(56)51-24-14-26-55(58(51)62)63-54-25-13-12-23-50(54)52-34-31-42-18-10-11-22-49(42)57(52)63/h3-10,12-21,23-25,27-35,37-39,52-53,55,57H,11,22,26,36H2,1-2H3,(H,60,61). The molecule has 0 amide bonds. The summed E-state index contributed by atoms with van der Waals surface area (Å²) in [4.78, 5) is 11.0. The Morgan fingerprint density at radius 2 is 1.52 bits per heavy atom. The maximum atomic E-state index is 5.47. The molecule has 1 N–H and O–H groups in total. The molecular weight excluding hydrogens is 765 g/mol. The second-order valence-electron chi connectivity index (χ2n) is 18.2. The fourth-order valence-corrected chi connectivity index (χ4v) is 11.5. The van der Waals surface area contributed by atoms with Gasteiger partial charge in [0.15, 0.2) is 0 Å². The predicted molar refractivity (Wildman–Crippen MR) is 262 cm³/mol. The molecule has 6 aliphatic rings. The average Bonchev–Trinajstić information content (AvgIpc) is 3.86. The summed E-state index contributed by atoms with van der Waals surface area (Å²) < 4.78 is 0. The Hall–Kier alpha value is -6.91. The number of fused-ring (bicyclic) bond motifs is 8. The van der Waals surface area contributed by atoms with Crippen LogP contribution in [-0.4, -0.2) is 17.9 Å². The van der Waals surface area contributed by atoms with E-state index in [1.54, 1.807) is 5.57 Å². The molecule has 63 heavy (non-hydrogen) atoms. The number of allylic oxidation sites excluding steroid dienone is 6. The van der Waals surface area contributed by atoms with E-state index in [9.17, 15) is 0 Å². The van der Waals surface area contributed by atoms with Crippen molar-refractivity contribution in [1.29, 1.82) is 0 Å². The van der Waals surface area contributed by atoms with Gasteiger partial charge in [-0.1, -0.05) is 146 Å². The molecule has 2 heterocycles. The van der Waals surface area contributed by atoms with E-state index in [2.05, 4.69) is 217 Å². The topological polar surface area (TPSA) is 30.9 Å². The van der Waals surface area contributed by atoms with Crippen LogP contribution in [0.3, 0.4) is 0 Å². The lowest BCUT2D eigenvalue weighted by molar-refractivity contribution is 0.553. The Morgan fingerprint density at radius 1 is 0.730 bits per heavy atom. The molecule has 6 aromatic carbocycles. The van der Waals surface area contributed by atoms with Gasteiger partial charge in [0.25, 0.3) is 0 Å². The molecule has 12 rings (SSSR count). The minimum absolute atomic E-state index is 0.0499. The summed E-state index contributed by atoms with van der Waals surface area (Å²) in [7, 11) is 0. The summed E-state index contributed by atoms with van der Waals surface area (Å²) in [6.45, 7) is 4.44. The lowest BCUT2D eigenvalue weighted by Crippen LogP contribution is -2.48.